The fourth-order valence-corrected chi connectivity index (χ4v) is 1.95. The van der Waals surface area contributed by atoms with Gasteiger partial charge in [0.15, 0.2) is 0 Å². The van der Waals surface area contributed by atoms with E-state index in [9.17, 15) is 4.79 Å². The Kier molecular flexibility index (Phi) is 4.25. The van der Waals surface area contributed by atoms with Crippen LogP contribution in [0.3, 0.4) is 0 Å². The molecule has 3 heteroatoms. The number of amides is 2. The molecule has 19 heavy (non-hydrogen) atoms. The molecule has 2 rings (SSSR count). The van der Waals surface area contributed by atoms with Gasteiger partial charge in [0.05, 0.1) is 0 Å². The van der Waals surface area contributed by atoms with E-state index >= 15 is 0 Å². The molecule has 2 amide bonds. The Morgan fingerprint density at radius 2 is 1.89 bits per heavy atom. The molecule has 0 saturated heterocycles. The molecule has 0 heterocycles. The number of nitrogens with one attached hydrogen (secondary N) is 2. The molecule has 3 nitrogen and oxygen atoms in total. The van der Waals surface area contributed by atoms with E-state index in [2.05, 4.69) is 31.4 Å². The van der Waals surface area contributed by atoms with Crippen molar-refractivity contribution in [1.29, 1.82) is 0 Å². The molecule has 1 saturated carbocycles. The second-order valence-corrected chi connectivity index (χ2v) is 5.54. The van der Waals surface area contributed by atoms with Crippen molar-refractivity contribution in [3.63, 3.8) is 0 Å². The fraction of sp³-hybridized carbons (Fsp3) is 0.438. The number of carbonyl (C=O) groups excluding carboxylic acids is 1. The van der Waals surface area contributed by atoms with Crippen LogP contribution in [-0.4, -0.2) is 6.03 Å². The molecular weight excluding hydrogens is 236 g/mol. The van der Waals surface area contributed by atoms with Gasteiger partial charge in [0, 0.05) is 11.9 Å². The Hall–Kier alpha value is -1.77. The average Bonchev–Trinajstić information content (AvgIpc) is 3.21. The lowest BCUT2D eigenvalue weighted by atomic mass is 10.0. The minimum Gasteiger partial charge on any atom is -0.314 e. The number of urea groups is 1. The maximum atomic E-state index is 11.7. The van der Waals surface area contributed by atoms with E-state index in [1.165, 1.54) is 24.0 Å². The molecule has 0 spiro atoms. The molecule has 2 N–H and O–H groups in total. The van der Waals surface area contributed by atoms with Gasteiger partial charge in [-0.2, -0.15) is 0 Å². The predicted molar refractivity (Wildman–Crippen MR) is 79.2 cm³/mol. The summed E-state index contributed by atoms with van der Waals surface area (Å²) in [6, 6.07) is 7.79. The van der Waals surface area contributed by atoms with Gasteiger partial charge in [-0.3, -0.25) is 0 Å². The minimum absolute atomic E-state index is 0.183. The van der Waals surface area contributed by atoms with E-state index in [4.69, 9.17) is 0 Å². The lowest BCUT2D eigenvalue weighted by molar-refractivity contribution is 0.255. The molecule has 0 radical (unpaired) electrons. The molecule has 0 bridgehead atoms. The second-order valence-electron chi connectivity index (χ2n) is 5.54. The lowest BCUT2D eigenvalue weighted by Crippen LogP contribution is -2.24. The first-order chi connectivity index (χ1) is 9.06. The van der Waals surface area contributed by atoms with Crippen LogP contribution >= 0.6 is 0 Å². The third-order valence-corrected chi connectivity index (χ3v) is 3.49. The van der Waals surface area contributed by atoms with Crippen LogP contribution in [-0.2, 0) is 0 Å². The first-order valence-electron chi connectivity index (χ1n) is 6.90. The smallest absolute Gasteiger partial charge is 0.314 e. The highest BCUT2D eigenvalue weighted by atomic mass is 16.2. The summed E-state index contributed by atoms with van der Waals surface area (Å²) < 4.78 is 0. The maximum Gasteiger partial charge on any atom is 0.323 e. The van der Waals surface area contributed by atoms with Crippen molar-refractivity contribution in [2.75, 3.05) is 5.32 Å². The van der Waals surface area contributed by atoms with E-state index in [-0.39, 0.29) is 6.03 Å². The maximum absolute atomic E-state index is 11.7. The molecule has 1 aliphatic carbocycles. The number of carbonyl (C=O) groups is 1. The van der Waals surface area contributed by atoms with Crippen LogP contribution in [0.2, 0.25) is 0 Å². The van der Waals surface area contributed by atoms with Gasteiger partial charge in [-0.05, 0) is 49.3 Å². The number of hydrogen-bond donors (Lipinski definition) is 2. The van der Waals surface area contributed by atoms with Gasteiger partial charge in [-0.25, -0.2) is 4.79 Å². The summed E-state index contributed by atoms with van der Waals surface area (Å²) in [4.78, 5) is 11.7. The van der Waals surface area contributed by atoms with E-state index in [1.54, 1.807) is 0 Å². The van der Waals surface area contributed by atoms with Crippen molar-refractivity contribution in [2.24, 2.45) is 5.92 Å². The molecule has 1 aliphatic rings. The minimum atomic E-state index is -0.183. The number of allylic oxidation sites excluding steroid dienone is 1. The Morgan fingerprint density at radius 1 is 1.26 bits per heavy atom. The van der Waals surface area contributed by atoms with E-state index in [0.717, 1.165) is 5.69 Å². The zero-order chi connectivity index (χ0) is 13.8. The molecule has 0 atom stereocenters. The Morgan fingerprint density at radius 3 is 2.42 bits per heavy atom. The summed E-state index contributed by atoms with van der Waals surface area (Å²) in [6.07, 6.45) is 4.32. The number of anilines is 1. The molecule has 0 aromatic heterocycles. The van der Waals surface area contributed by atoms with Gasteiger partial charge < -0.3 is 10.6 Å². The quantitative estimate of drug-likeness (QED) is 0.833. The van der Waals surface area contributed by atoms with Crippen molar-refractivity contribution in [3.8, 4) is 0 Å². The van der Waals surface area contributed by atoms with E-state index in [0.29, 0.717) is 11.8 Å². The van der Waals surface area contributed by atoms with Gasteiger partial charge in [0.25, 0.3) is 0 Å². The SMILES string of the molecule is C/C(=C\NC(=O)Nc1ccc(C(C)C)cc1)C1CC1. The van der Waals surface area contributed by atoms with Crippen LogP contribution < -0.4 is 10.6 Å². The molecular formula is C16H22N2O. The van der Waals surface area contributed by atoms with Gasteiger partial charge in [0.2, 0.25) is 0 Å². The Bertz CT molecular complexity index is 470. The summed E-state index contributed by atoms with van der Waals surface area (Å²) >= 11 is 0. The van der Waals surface area contributed by atoms with Crippen molar-refractivity contribution < 1.29 is 4.79 Å². The Balaban J connectivity index is 1.86. The topological polar surface area (TPSA) is 41.1 Å². The monoisotopic (exact) mass is 258 g/mol. The molecule has 1 aromatic carbocycles. The van der Waals surface area contributed by atoms with E-state index in [1.807, 2.05) is 30.5 Å². The summed E-state index contributed by atoms with van der Waals surface area (Å²) in [5.41, 5.74) is 3.35. The van der Waals surface area contributed by atoms with Crippen LogP contribution in [0.4, 0.5) is 10.5 Å². The molecule has 0 unspecified atom stereocenters. The third kappa shape index (κ3) is 4.12. The molecule has 0 aliphatic heterocycles. The molecule has 1 fully saturated rings. The van der Waals surface area contributed by atoms with E-state index < -0.39 is 0 Å². The van der Waals surface area contributed by atoms with Gasteiger partial charge >= 0.3 is 6.03 Å². The van der Waals surface area contributed by atoms with Crippen LogP contribution in [0, 0.1) is 5.92 Å². The van der Waals surface area contributed by atoms with Crippen molar-refractivity contribution in [1.82, 2.24) is 5.32 Å². The highest BCUT2D eigenvalue weighted by molar-refractivity contribution is 5.89. The number of benzene rings is 1. The van der Waals surface area contributed by atoms with Crippen LogP contribution in [0.5, 0.6) is 0 Å². The summed E-state index contributed by atoms with van der Waals surface area (Å²) in [6.45, 7) is 6.37. The lowest BCUT2D eigenvalue weighted by Gasteiger charge is -2.08. The third-order valence-electron chi connectivity index (χ3n) is 3.49. The number of hydrogen-bond acceptors (Lipinski definition) is 1. The van der Waals surface area contributed by atoms with Crippen LogP contribution in [0.1, 0.15) is 45.1 Å². The zero-order valence-electron chi connectivity index (χ0n) is 11.9. The normalized spacial score (nSPS) is 15.5. The highest BCUT2D eigenvalue weighted by Gasteiger charge is 2.22. The zero-order valence-corrected chi connectivity index (χ0v) is 11.9. The van der Waals surface area contributed by atoms with Crippen molar-refractivity contribution in [2.45, 2.75) is 39.5 Å². The number of rotatable bonds is 4. The summed E-state index contributed by atoms with van der Waals surface area (Å²) in [5, 5.41) is 5.61. The molecule has 102 valence electrons. The highest BCUT2D eigenvalue weighted by Crippen LogP contribution is 2.35. The van der Waals surface area contributed by atoms with Gasteiger partial charge in [0.1, 0.15) is 0 Å². The van der Waals surface area contributed by atoms with Gasteiger partial charge in [-0.15, -0.1) is 0 Å². The first kappa shape index (κ1) is 13.7. The fourth-order valence-electron chi connectivity index (χ4n) is 1.95. The Labute approximate surface area is 115 Å². The predicted octanol–water partition coefficient (Wildman–Crippen LogP) is 4.25. The van der Waals surface area contributed by atoms with Crippen molar-refractivity contribution in [3.05, 3.63) is 41.6 Å². The first-order valence-corrected chi connectivity index (χ1v) is 6.90. The second kappa shape index (κ2) is 5.91. The summed E-state index contributed by atoms with van der Waals surface area (Å²) in [7, 11) is 0. The molecule has 1 aromatic rings. The average molecular weight is 258 g/mol. The van der Waals surface area contributed by atoms with Crippen molar-refractivity contribution >= 4 is 11.7 Å². The van der Waals surface area contributed by atoms with Crippen LogP contribution in [0.15, 0.2) is 36.0 Å². The summed E-state index contributed by atoms with van der Waals surface area (Å²) in [5.74, 6) is 1.19. The van der Waals surface area contributed by atoms with Gasteiger partial charge in [-0.1, -0.05) is 31.6 Å². The largest absolute Gasteiger partial charge is 0.323 e. The standard InChI is InChI=1S/C16H22N2O/c1-11(2)13-6-8-15(9-7-13)18-16(19)17-10-12(3)14-4-5-14/h6-11,14H,4-5H2,1-3H3,(H2,17,18,19)/b12-10+. The van der Waals surface area contributed by atoms with Crippen LogP contribution in [0.25, 0.3) is 0 Å².